The molecule has 18 heavy (non-hydrogen) atoms. The van der Waals surface area contributed by atoms with E-state index in [9.17, 15) is 4.79 Å². The van der Waals surface area contributed by atoms with Gasteiger partial charge in [-0.05, 0) is 17.7 Å². The van der Waals surface area contributed by atoms with Gasteiger partial charge in [0, 0.05) is 24.4 Å². The molecule has 0 saturated heterocycles. The molecule has 0 aliphatic carbocycles. The maximum absolute atomic E-state index is 11.8. The number of hydrogen-bond acceptors (Lipinski definition) is 4. The van der Waals surface area contributed by atoms with Crippen LogP contribution in [0.4, 0.5) is 0 Å². The molecule has 1 aromatic heterocycles. The Balaban J connectivity index is 1.83. The first kappa shape index (κ1) is 12.6. The molecular weight excluding hydrogens is 254 g/mol. The van der Waals surface area contributed by atoms with Crippen molar-refractivity contribution in [3.05, 3.63) is 47.6 Å². The van der Waals surface area contributed by atoms with E-state index >= 15 is 0 Å². The van der Waals surface area contributed by atoms with Gasteiger partial charge in [0.15, 0.2) is 6.33 Å². The summed E-state index contributed by atoms with van der Waals surface area (Å²) < 4.78 is 4.82. The Bertz CT molecular complexity index is 497. The summed E-state index contributed by atoms with van der Waals surface area (Å²) in [5, 5.41) is 6.26. The lowest BCUT2D eigenvalue weighted by Crippen LogP contribution is -2.25. The van der Waals surface area contributed by atoms with Crippen molar-refractivity contribution in [3.8, 4) is 0 Å². The Hall–Kier alpha value is -1.88. The Morgan fingerprint density at radius 3 is 2.72 bits per heavy atom. The second-order valence-electron chi connectivity index (χ2n) is 3.67. The Labute approximate surface area is 109 Å². The first-order chi connectivity index (χ1) is 8.79. The minimum Gasteiger partial charge on any atom is -0.352 e. The van der Waals surface area contributed by atoms with Crippen LogP contribution in [0.3, 0.4) is 0 Å². The smallest absolute Gasteiger partial charge is 0.251 e. The van der Waals surface area contributed by atoms with E-state index < -0.39 is 0 Å². The predicted molar refractivity (Wildman–Crippen MR) is 66.3 cm³/mol. The molecule has 0 unspecified atom stereocenters. The van der Waals surface area contributed by atoms with E-state index in [-0.39, 0.29) is 5.91 Å². The summed E-state index contributed by atoms with van der Waals surface area (Å²) in [5.74, 6) is 0.822. The van der Waals surface area contributed by atoms with Crippen LogP contribution in [-0.2, 0) is 12.3 Å². The van der Waals surface area contributed by atoms with Gasteiger partial charge in [0.1, 0.15) is 0 Å². The molecule has 1 aromatic carbocycles. The van der Waals surface area contributed by atoms with Gasteiger partial charge in [-0.1, -0.05) is 17.3 Å². The molecular formula is C12H12ClN3O2. The molecule has 1 amide bonds. The molecule has 0 spiro atoms. The minimum absolute atomic E-state index is 0.129. The van der Waals surface area contributed by atoms with Crippen molar-refractivity contribution < 1.29 is 9.32 Å². The van der Waals surface area contributed by atoms with Gasteiger partial charge in [-0.3, -0.25) is 4.79 Å². The molecule has 0 aliphatic rings. The predicted octanol–water partition coefficient (Wildman–Crippen LogP) is 1.78. The highest BCUT2D eigenvalue weighted by Crippen LogP contribution is 2.06. The van der Waals surface area contributed by atoms with E-state index in [1.54, 1.807) is 12.1 Å². The molecule has 0 fully saturated rings. The first-order valence-corrected chi connectivity index (χ1v) is 6.01. The summed E-state index contributed by atoms with van der Waals surface area (Å²) in [6.45, 7) is 0.457. The second kappa shape index (κ2) is 6.16. The lowest BCUT2D eigenvalue weighted by atomic mass is 10.1. The van der Waals surface area contributed by atoms with Crippen LogP contribution in [0.5, 0.6) is 0 Å². The molecule has 0 bridgehead atoms. The summed E-state index contributed by atoms with van der Waals surface area (Å²) in [5.41, 5.74) is 1.59. The number of aromatic nitrogens is 2. The highest BCUT2D eigenvalue weighted by Gasteiger charge is 2.05. The minimum atomic E-state index is -0.129. The van der Waals surface area contributed by atoms with E-state index in [1.165, 1.54) is 6.33 Å². The molecule has 6 heteroatoms. The number of hydrogen-bond donors (Lipinski definition) is 1. The molecule has 2 rings (SSSR count). The van der Waals surface area contributed by atoms with E-state index in [0.717, 1.165) is 5.56 Å². The number of amides is 1. The zero-order valence-electron chi connectivity index (χ0n) is 9.60. The molecule has 0 aliphatic heterocycles. The van der Waals surface area contributed by atoms with Crippen LogP contribution >= 0.6 is 11.6 Å². The van der Waals surface area contributed by atoms with Crippen molar-refractivity contribution in [3.63, 3.8) is 0 Å². The van der Waals surface area contributed by atoms with E-state index in [0.29, 0.717) is 30.3 Å². The van der Waals surface area contributed by atoms with E-state index in [2.05, 4.69) is 15.5 Å². The van der Waals surface area contributed by atoms with E-state index in [4.69, 9.17) is 16.1 Å². The molecule has 5 nitrogen and oxygen atoms in total. The van der Waals surface area contributed by atoms with Crippen LogP contribution in [0.15, 0.2) is 35.1 Å². The van der Waals surface area contributed by atoms with Crippen LogP contribution in [0.25, 0.3) is 0 Å². The third kappa shape index (κ3) is 3.30. The maximum Gasteiger partial charge on any atom is 0.251 e. The third-order valence-corrected chi connectivity index (χ3v) is 2.71. The fraction of sp³-hybridized carbons (Fsp3) is 0.250. The highest BCUT2D eigenvalue weighted by molar-refractivity contribution is 6.17. The Kier molecular flexibility index (Phi) is 4.30. The Morgan fingerprint density at radius 2 is 2.11 bits per heavy atom. The standard InChI is InChI=1S/C12H12ClN3O2/c13-7-9-1-3-10(4-2-9)12(17)14-6-5-11-15-8-16-18-11/h1-4,8H,5-7H2,(H,14,17). The van der Waals surface area contributed by atoms with Crippen molar-refractivity contribution in [2.45, 2.75) is 12.3 Å². The molecule has 0 atom stereocenters. The normalized spacial score (nSPS) is 10.3. The van der Waals surface area contributed by atoms with Crippen LogP contribution in [0.1, 0.15) is 21.8 Å². The summed E-state index contributed by atoms with van der Waals surface area (Å²) >= 11 is 5.68. The van der Waals surface area contributed by atoms with Gasteiger partial charge < -0.3 is 9.84 Å². The lowest BCUT2D eigenvalue weighted by molar-refractivity contribution is 0.0953. The Morgan fingerprint density at radius 1 is 1.33 bits per heavy atom. The highest BCUT2D eigenvalue weighted by atomic mass is 35.5. The van der Waals surface area contributed by atoms with E-state index in [1.807, 2.05) is 12.1 Å². The summed E-state index contributed by atoms with van der Waals surface area (Å²) in [4.78, 5) is 15.6. The number of rotatable bonds is 5. The van der Waals surface area contributed by atoms with Gasteiger partial charge >= 0.3 is 0 Å². The summed E-state index contributed by atoms with van der Waals surface area (Å²) in [6.07, 6.45) is 1.85. The molecule has 0 radical (unpaired) electrons. The number of benzene rings is 1. The van der Waals surface area contributed by atoms with Gasteiger partial charge in [-0.25, -0.2) is 0 Å². The summed E-state index contributed by atoms with van der Waals surface area (Å²) in [6, 6.07) is 7.17. The van der Waals surface area contributed by atoms with Crippen LogP contribution in [0.2, 0.25) is 0 Å². The van der Waals surface area contributed by atoms with Crippen LogP contribution in [0, 0.1) is 0 Å². The number of carbonyl (C=O) groups excluding carboxylic acids is 1. The quantitative estimate of drug-likeness (QED) is 0.837. The number of nitrogens with one attached hydrogen (secondary N) is 1. The molecule has 1 N–H and O–H groups in total. The third-order valence-electron chi connectivity index (χ3n) is 2.40. The molecule has 94 valence electrons. The molecule has 0 saturated carbocycles. The number of carbonyl (C=O) groups is 1. The maximum atomic E-state index is 11.8. The fourth-order valence-corrected chi connectivity index (χ4v) is 1.61. The first-order valence-electron chi connectivity index (χ1n) is 5.48. The number of halogens is 1. The SMILES string of the molecule is O=C(NCCc1ncno1)c1ccc(CCl)cc1. The van der Waals surface area contributed by atoms with Crippen molar-refractivity contribution in [1.82, 2.24) is 15.5 Å². The second-order valence-corrected chi connectivity index (χ2v) is 3.94. The topological polar surface area (TPSA) is 68.0 Å². The van der Waals surface area contributed by atoms with Crippen molar-refractivity contribution in [2.75, 3.05) is 6.54 Å². The largest absolute Gasteiger partial charge is 0.352 e. The van der Waals surface area contributed by atoms with Crippen molar-refractivity contribution in [2.24, 2.45) is 0 Å². The summed E-state index contributed by atoms with van der Waals surface area (Å²) in [7, 11) is 0. The monoisotopic (exact) mass is 265 g/mol. The number of alkyl halides is 1. The van der Waals surface area contributed by atoms with Gasteiger partial charge in [-0.15, -0.1) is 11.6 Å². The lowest BCUT2D eigenvalue weighted by Gasteiger charge is -2.04. The average Bonchev–Trinajstić information content (AvgIpc) is 2.92. The van der Waals surface area contributed by atoms with Crippen LogP contribution in [-0.4, -0.2) is 22.6 Å². The zero-order chi connectivity index (χ0) is 12.8. The van der Waals surface area contributed by atoms with Gasteiger partial charge in [0.2, 0.25) is 5.89 Å². The molecule has 1 heterocycles. The van der Waals surface area contributed by atoms with Crippen molar-refractivity contribution >= 4 is 17.5 Å². The zero-order valence-corrected chi connectivity index (χ0v) is 10.4. The van der Waals surface area contributed by atoms with Gasteiger partial charge in [-0.2, -0.15) is 4.98 Å². The average molecular weight is 266 g/mol. The van der Waals surface area contributed by atoms with Gasteiger partial charge in [0.05, 0.1) is 0 Å². The molecule has 2 aromatic rings. The van der Waals surface area contributed by atoms with Crippen molar-refractivity contribution in [1.29, 1.82) is 0 Å². The number of nitrogens with zero attached hydrogens (tertiary/aromatic N) is 2. The fourth-order valence-electron chi connectivity index (χ4n) is 1.44. The van der Waals surface area contributed by atoms with Gasteiger partial charge in [0.25, 0.3) is 5.91 Å². The van der Waals surface area contributed by atoms with Crippen LogP contribution < -0.4 is 5.32 Å².